The van der Waals surface area contributed by atoms with Gasteiger partial charge in [0.15, 0.2) is 12.9 Å². The van der Waals surface area contributed by atoms with E-state index in [-0.39, 0.29) is 29.7 Å². The predicted molar refractivity (Wildman–Crippen MR) is 145 cm³/mol. The van der Waals surface area contributed by atoms with Crippen LogP contribution < -0.4 is 10.1 Å². The van der Waals surface area contributed by atoms with Crippen LogP contribution in [-0.2, 0) is 23.8 Å². The number of nitrogens with one attached hydrogen (secondary N) is 1. The van der Waals surface area contributed by atoms with Crippen LogP contribution in [0.25, 0.3) is 0 Å². The maximum Gasteiger partial charge on any atom is 0.337 e. The van der Waals surface area contributed by atoms with Gasteiger partial charge in [-0.05, 0) is 44.4 Å². The standard InChI is InChI=1S/C30H30N2O8/c1-19-26(29(33)37-3)28(22-11-8-13-23(18-22)32(35)36)27(20(2)31-19)30(34)39-17-9-12-21-10-4-5-14-24(21)40-25-15-6-7-16-38-25/h4-5,8,10-11,13-14,18,25,28,31H,6-7,15-17H2,1-3H3. The van der Waals surface area contributed by atoms with Gasteiger partial charge in [0, 0.05) is 29.9 Å². The van der Waals surface area contributed by atoms with Gasteiger partial charge in [0.1, 0.15) is 5.75 Å². The highest BCUT2D eigenvalue weighted by molar-refractivity contribution is 6.00. The first-order chi connectivity index (χ1) is 19.3. The normalized spacial score (nSPS) is 18.7. The Morgan fingerprint density at radius 2 is 1.82 bits per heavy atom. The molecule has 1 N–H and O–H groups in total. The Bertz CT molecular complexity index is 1430. The van der Waals surface area contributed by atoms with E-state index in [0.29, 0.717) is 34.9 Å². The zero-order valence-electron chi connectivity index (χ0n) is 22.5. The average Bonchev–Trinajstić information content (AvgIpc) is 2.95. The van der Waals surface area contributed by atoms with Gasteiger partial charge < -0.3 is 24.3 Å². The molecule has 2 unspecified atom stereocenters. The molecule has 0 spiro atoms. The smallest absolute Gasteiger partial charge is 0.337 e. The van der Waals surface area contributed by atoms with Crippen LogP contribution in [0.4, 0.5) is 5.69 Å². The molecule has 0 aliphatic carbocycles. The molecule has 2 atom stereocenters. The number of dihydropyridines is 1. The predicted octanol–water partition coefficient (Wildman–Crippen LogP) is 4.50. The summed E-state index contributed by atoms with van der Waals surface area (Å²) < 4.78 is 22.1. The van der Waals surface area contributed by atoms with E-state index in [4.69, 9.17) is 18.9 Å². The molecule has 0 amide bonds. The quantitative estimate of drug-likeness (QED) is 0.231. The molecule has 2 heterocycles. The van der Waals surface area contributed by atoms with Gasteiger partial charge >= 0.3 is 11.9 Å². The second kappa shape index (κ2) is 13.0. The number of hydrogen-bond acceptors (Lipinski definition) is 9. The van der Waals surface area contributed by atoms with E-state index in [1.807, 2.05) is 18.2 Å². The number of carbonyl (C=O) groups excluding carboxylic acids is 2. The first kappa shape index (κ1) is 28.4. The van der Waals surface area contributed by atoms with Gasteiger partial charge in [0.2, 0.25) is 0 Å². The van der Waals surface area contributed by atoms with Gasteiger partial charge in [-0.2, -0.15) is 0 Å². The molecule has 0 bridgehead atoms. The Labute approximate surface area is 232 Å². The largest absolute Gasteiger partial charge is 0.466 e. The first-order valence-electron chi connectivity index (χ1n) is 12.8. The lowest BCUT2D eigenvalue weighted by atomic mass is 9.80. The van der Waals surface area contributed by atoms with Crippen molar-refractivity contribution in [3.8, 4) is 17.6 Å². The molecule has 1 fully saturated rings. The number of nitrogens with zero attached hydrogens (tertiary/aromatic N) is 1. The highest BCUT2D eigenvalue weighted by Crippen LogP contribution is 2.40. The van der Waals surface area contributed by atoms with Crippen molar-refractivity contribution in [3.63, 3.8) is 0 Å². The van der Waals surface area contributed by atoms with Crippen molar-refractivity contribution in [1.82, 2.24) is 5.32 Å². The molecule has 10 nitrogen and oxygen atoms in total. The summed E-state index contributed by atoms with van der Waals surface area (Å²) in [6, 6.07) is 13.1. The second-order valence-electron chi connectivity index (χ2n) is 9.27. The molecule has 2 aromatic carbocycles. The summed E-state index contributed by atoms with van der Waals surface area (Å²) in [5.41, 5.74) is 2.04. The summed E-state index contributed by atoms with van der Waals surface area (Å²) >= 11 is 0. The third kappa shape index (κ3) is 6.50. The maximum atomic E-state index is 13.4. The highest BCUT2D eigenvalue weighted by atomic mass is 16.7. The number of benzene rings is 2. The first-order valence-corrected chi connectivity index (χ1v) is 12.8. The Hall–Kier alpha value is -4.62. The summed E-state index contributed by atoms with van der Waals surface area (Å²) in [5, 5.41) is 14.5. The van der Waals surface area contributed by atoms with E-state index in [2.05, 4.69) is 17.2 Å². The molecule has 2 aliphatic rings. The Kier molecular flexibility index (Phi) is 9.19. The fourth-order valence-electron chi connectivity index (χ4n) is 4.73. The van der Waals surface area contributed by atoms with Gasteiger partial charge in [-0.1, -0.05) is 36.1 Å². The van der Waals surface area contributed by atoms with Crippen molar-refractivity contribution in [3.05, 3.63) is 92.3 Å². The van der Waals surface area contributed by atoms with Gasteiger partial charge in [-0.25, -0.2) is 9.59 Å². The van der Waals surface area contributed by atoms with Gasteiger partial charge in [0.05, 0.1) is 41.3 Å². The van der Waals surface area contributed by atoms with Gasteiger partial charge in [-0.15, -0.1) is 0 Å². The Morgan fingerprint density at radius 1 is 1.07 bits per heavy atom. The van der Waals surface area contributed by atoms with E-state index < -0.39 is 22.8 Å². The fraction of sp³-hybridized carbons (Fsp3) is 0.333. The lowest BCUT2D eigenvalue weighted by Crippen LogP contribution is -2.32. The molecule has 208 valence electrons. The van der Waals surface area contributed by atoms with E-state index in [1.54, 1.807) is 26.0 Å². The van der Waals surface area contributed by atoms with Crippen LogP contribution in [0.2, 0.25) is 0 Å². The van der Waals surface area contributed by atoms with Crippen molar-refractivity contribution < 1.29 is 33.5 Å². The highest BCUT2D eigenvalue weighted by Gasteiger charge is 2.38. The summed E-state index contributed by atoms with van der Waals surface area (Å²) in [6.45, 7) is 3.76. The maximum absolute atomic E-state index is 13.4. The van der Waals surface area contributed by atoms with Crippen molar-refractivity contribution in [1.29, 1.82) is 0 Å². The van der Waals surface area contributed by atoms with Gasteiger partial charge in [0.25, 0.3) is 5.69 Å². The number of allylic oxidation sites excluding steroid dienone is 2. The number of carbonyl (C=O) groups is 2. The van der Waals surface area contributed by atoms with E-state index >= 15 is 0 Å². The number of hydrogen-bond donors (Lipinski definition) is 1. The third-order valence-corrected chi connectivity index (χ3v) is 6.58. The lowest BCUT2D eigenvalue weighted by Gasteiger charge is -2.30. The zero-order valence-corrected chi connectivity index (χ0v) is 22.5. The summed E-state index contributed by atoms with van der Waals surface area (Å²) in [4.78, 5) is 37.0. The topological polar surface area (TPSA) is 126 Å². The monoisotopic (exact) mass is 546 g/mol. The molecule has 0 radical (unpaired) electrons. The molecule has 4 rings (SSSR count). The van der Waals surface area contributed by atoms with Crippen molar-refractivity contribution in [2.45, 2.75) is 45.3 Å². The zero-order chi connectivity index (χ0) is 28.6. The number of nitro benzene ring substituents is 1. The van der Waals surface area contributed by atoms with E-state index in [9.17, 15) is 19.7 Å². The number of ether oxygens (including phenoxy) is 4. The van der Waals surface area contributed by atoms with Crippen molar-refractivity contribution >= 4 is 17.6 Å². The number of esters is 2. The molecular weight excluding hydrogens is 516 g/mol. The van der Waals surface area contributed by atoms with Crippen LogP contribution in [0.3, 0.4) is 0 Å². The minimum atomic E-state index is -0.946. The molecule has 0 aromatic heterocycles. The van der Waals surface area contributed by atoms with E-state index in [1.165, 1.54) is 25.3 Å². The number of nitro groups is 1. The van der Waals surface area contributed by atoms with Gasteiger partial charge in [-0.3, -0.25) is 10.1 Å². The van der Waals surface area contributed by atoms with Crippen LogP contribution in [0.5, 0.6) is 5.75 Å². The van der Waals surface area contributed by atoms with Crippen LogP contribution >= 0.6 is 0 Å². The Balaban J connectivity index is 1.56. The Morgan fingerprint density at radius 3 is 2.52 bits per heavy atom. The number of methoxy groups -OCH3 is 1. The molecular formula is C30H30N2O8. The lowest BCUT2D eigenvalue weighted by molar-refractivity contribution is -0.384. The van der Waals surface area contributed by atoms with E-state index in [0.717, 1.165) is 19.3 Å². The molecule has 2 aliphatic heterocycles. The molecule has 2 aromatic rings. The second-order valence-corrected chi connectivity index (χ2v) is 9.27. The van der Waals surface area contributed by atoms with Crippen molar-refractivity contribution in [2.75, 3.05) is 20.3 Å². The van der Waals surface area contributed by atoms with Crippen LogP contribution in [0.15, 0.2) is 71.1 Å². The number of para-hydroxylation sites is 1. The average molecular weight is 547 g/mol. The third-order valence-electron chi connectivity index (χ3n) is 6.58. The van der Waals surface area contributed by atoms with Crippen LogP contribution in [-0.4, -0.2) is 43.5 Å². The minimum absolute atomic E-state index is 0.131. The molecule has 40 heavy (non-hydrogen) atoms. The summed E-state index contributed by atoms with van der Waals surface area (Å²) in [6.07, 6.45) is 2.52. The number of non-ortho nitro benzene ring substituents is 1. The molecule has 1 saturated heterocycles. The SMILES string of the molecule is COC(=O)C1=C(C)NC(C)=C(C(=O)OCC#Cc2ccccc2OC2CCCCO2)C1c1cccc([N+](=O)[O-])c1. The summed E-state index contributed by atoms with van der Waals surface area (Å²) in [7, 11) is 1.23. The minimum Gasteiger partial charge on any atom is -0.466 e. The molecule has 10 heteroatoms. The number of rotatable bonds is 7. The molecule has 0 saturated carbocycles. The fourth-order valence-corrected chi connectivity index (χ4v) is 4.73. The summed E-state index contributed by atoms with van der Waals surface area (Å²) in [5.74, 6) is 4.08. The van der Waals surface area contributed by atoms with Crippen LogP contribution in [0, 0.1) is 22.0 Å². The van der Waals surface area contributed by atoms with Crippen molar-refractivity contribution in [2.24, 2.45) is 0 Å². The van der Waals surface area contributed by atoms with Crippen LogP contribution in [0.1, 0.15) is 50.2 Å².